The number of rotatable bonds is 5. The van der Waals surface area contributed by atoms with Crippen molar-refractivity contribution in [3.63, 3.8) is 0 Å². The monoisotopic (exact) mass is 265 g/mol. The molecule has 0 spiro atoms. The molecule has 106 valence electrons. The summed E-state index contributed by atoms with van der Waals surface area (Å²) in [5.74, 6) is 6.96. The fourth-order valence-electron chi connectivity index (χ4n) is 2.14. The average molecular weight is 265 g/mol. The maximum absolute atomic E-state index is 5.37. The molecule has 2 rings (SSSR count). The minimum absolute atomic E-state index is 0.653. The number of nitrogens with two attached hydrogens (primary N) is 1. The van der Waals surface area contributed by atoms with Gasteiger partial charge in [0, 0.05) is 45.3 Å². The molecule has 7 heteroatoms. The summed E-state index contributed by atoms with van der Waals surface area (Å²) in [6.45, 7) is 6.37. The van der Waals surface area contributed by atoms with E-state index in [1.54, 1.807) is 6.33 Å². The van der Waals surface area contributed by atoms with E-state index in [0.717, 1.165) is 45.1 Å². The van der Waals surface area contributed by atoms with Crippen LogP contribution in [0.1, 0.15) is 0 Å². The Morgan fingerprint density at radius 2 is 2.00 bits per heavy atom. The number of nitrogens with zero attached hydrogens (tertiary/aromatic N) is 5. The van der Waals surface area contributed by atoms with Gasteiger partial charge in [-0.25, -0.2) is 15.8 Å². The van der Waals surface area contributed by atoms with Crippen LogP contribution in [0.5, 0.6) is 0 Å². The highest BCUT2D eigenvalue weighted by Crippen LogP contribution is 2.15. The Labute approximate surface area is 114 Å². The van der Waals surface area contributed by atoms with Crippen LogP contribution in [0.3, 0.4) is 0 Å². The van der Waals surface area contributed by atoms with Gasteiger partial charge in [0.05, 0.1) is 0 Å². The van der Waals surface area contributed by atoms with Crippen molar-refractivity contribution in [2.45, 2.75) is 0 Å². The van der Waals surface area contributed by atoms with Gasteiger partial charge in [-0.3, -0.25) is 4.90 Å². The van der Waals surface area contributed by atoms with E-state index in [1.165, 1.54) is 0 Å². The number of likely N-dealkylation sites (N-methyl/N-ethyl adjacent to an activating group) is 1. The molecule has 1 aliphatic heterocycles. The van der Waals surface area contributed by atoms with Gasteiger partial charge in [-0.05, 0) is 14.1 Å². The molecular formula is C12H23N7. The van der Waals surface area contributed by atoms with Crippen LogP contribution in [-0.4, -0.2) is 73.1 Å². The molecule has 0 saturated carbocycles. The van der Waals surface area contributed by atoms with Crippen molar-refractivity contribution in [3.8, 4) is 0 Å². The molecule has 1 aliphatic rings. The Bertz CT molecular complexity index is 387. The fraction of sp³-hybridized carbons (Fsp3) is 0.667. The van der Waals surface area contributed by atoms with Crippen LogP contribution in [0.15, 0.2) is 12.4 Å². The van der Waals surface area contributed by atoms with Crippen molar-refractivity contribution in [2.24, 2.45) is 5.84 Å². The van der Waals surface area contributed by atoms with Crippen LogP contribution in [0.4, 0.5) is 11.6 Å². The molecule has 1 saturated heterocycles. The summed E-state index contributed by atoms with van der Waals surface area (Å²) < 4.78 is 0. The second kappa shape index (κ2) is 6.65. The van der Waals surface area contributed by atoms with Gasteiger partial charge in [0.1, 0.15) is 18.0 Å². The lowest BCUT2D eigenvalue weighted by Crippen LogP contribution is -2.48. The summed E-state index contributed by atoms with van der Waals surface area (Å²) in [7, 11) is 4.22. The van der Waals surface area contributed by atoms with Crippen molar-refractivity contribution in [3.05, 3.63) is 12.4 Å². The fourth-order valence-corrected chi connectivity index (χ4v) is 2.14. The number of piperazine rings is 1. The largest absolute Gasteiger partial charge is 0.354 e. The van der Waals surface area contributed by atoms with Crippen LogP contribution in [0.2, 0.25) is 0 Å². The second-order valence-corrected chi connectivity index (χ2v) is 5.04. The number of nitrogens with one attached hydrogen (secondary N) is 1. The van der Waals surface area contributed by atoms with Gasteiger partial charge in [0.15, 0.2) is 0 Å². The van der Waals surface area contributed by atoms with Crippen molar-refractivity contribution in [1.82, 2.24) is 19.8 Å². The standard InChI is InChI=1S/C12H23N7/c1-17(2)3-4-18-5-7-19(8-6-18)12-9-11(16-13)14-10-15-12/h9-10H,3-8,13H2,1-2H3,(H,14,15,16). The lowest BCUT2D eigenvalue weighted by molar-refractivity contribution is 0.229. The predicted molar refractivity (Wildman–Crippen MR) is 77.0 cm³/mol. The molecule has 1 aromatic heterocycles. The van der Waals surface area contributed by atoms with E-state index in [0.29, 0.717) is 5.82 Å². The molecule has 0 aliphatic carbocycles. The average Bonchev–Trinajstić information content (AvgIpc) is 2.45. The molecule has 0 bridgehead atoms. The van der Waals surface area contributed by atoms with Gasteiger partial charge in [-0.15, -0.1) is 0 Å². The van der Waals surface area contributed by atoms with E-state index >= 15 is 0 Å². The molecule has 7 nitrogen and oxygen atoms in total. The lowest BCUT2D eigenvalue weighted by Gasteiger charge is -2.35. The van der Waals surface area contributed by atoms with Crippen LogP contribution < -0.4 is 16.2 Å². The normalized spacial score (nSPS) is 16.9. The topological polar surface area (TPSA) is 73.5 Å². The minimum Gasteiger partial charge on any atom is -0.354 e. The van der Waals surface area contributed by atoms with Crippen LogP contribution >= 0.6 is 0 Å². The predicted octanol–water partition coefficient (Wildman–Crippen LogP) is -0.554. The molecular weight excluding hydrogens is 242 g/mol. The zero-order valence-electron chi connectivity index (χ0n) is 11.7. The molecule has 3 N–H and O–H groups in total. The molecule has 0 aromatic carbocycles. The van der Waals surface area contributed by atoms with Crippen molar-refractivity contribution in [2.75, 3.05) is 63.7 Å². The summed E-state index contributed by atoms with van der Waals surface area (Å²) in [6, 6.07) is 1.88. The number of nitrogen functional groups attached to an aromatic ring is 1. The summed E-state index contributed by atoms with van der Waals surface area (Å²) >= 11 is 0. The molecule has 1 fully saturated rings. The molecule has 0 atom stereocenters. The molecule has 2 heterocycles. The quantitative estimate of drug-likeness (QED) is 0.546. The summed E-state index contributed by atoms with van der Waals surface area (Å²) in [4.78, 5) is 15.3. The van der Waals surface area contributed by atoms with E-state index in [2.05, 4.69) is 44.2 Å². The first-order valence-electron chi connectivity index (χ1n) is 6.60. The maximum Gasteiger partial charge on any atom is 0.145 e. The Balaban J connectivity index is 1.85. The first-order chi connectivity index (χ1) is 9.19. The number of anilines is 2. The van der Waals surface area contributed by atoms with Gasteiger partial charge < -0.3 is 15.2 Å². The summed E-state index contributed by atoms with van der Waals surface area (Å²) in [5, 5.41) is 0. The third-order valence-electron chi connectivity index (χ3n) is 3.36. The number of hydrogen-bond acceptors (Lipinski definition) is 7. The maximum atomic E-state index is 5.37. The number of hydrogen-bond donors (Lipinski definition) is 2. The molecule has 19 heavy (non-hydrogen) atoms. The van der Waals surface area contributed by atoms with Gasteiger partial charge in [0.25, 0.3) is 0 Å². The molecule has 1 aromatic rings. The van der Waals surface area contributed by atoms with Crippen LogP contribution in [0, 0.1) is 0 Å². The van der Waals surface area contributed by atoms with E-state index in [4.69, 9.17) is 5.84 Å². The Kier molecular flexibility index (Phi) is 4.89. The number of aromatic nitrogens is 2. The van der Waals surface area contributed by atoms with E-state index in [-0.39, 0.29) is 0 Å². The van der Waals surface area contributed by atoms with Crippen molar-refractivity contribution < 1.29 is 0 Å². The molecule has 0 unspecified atom stereocenters. The Hall–Kier alpha value is -1.44. The zero-order valence-corrected chi connectivity index (χ0v) is 11.7. The summed E-state index contributed by atoms with van der Waals surface area (Å²) in [5.41, 5.74) is 2.55. The first kappa shape index (κ1) is 14.0. The van der Waals surface area contributed by atoms with E-state index < -0.39 is 0 Å². The highest BCUT2D eigenvalue weighted by atomic mass is 15.3. The Morgan fingerprint density at radius 3 is 2.63 bits per heavy atom. The third kappa shape index (κ3) is 4.02. The van der Waals surface area contributed by atoms with Crippen molar-refractivity contribution >= 4 is 11.6 Å². The van der Waals surface area contributed by atoms with Gasteiger partial charge >= 0.3 is 0 Å². The zero-order chi connectivity index (χ0) is 13.7. The molecule has 0 radical (unpaired) electrons. The smallest absolute Gasteiger partial charge is 0.145 e. The minimum atomic E-state index is 0.653. The second-order valence-electron chi connectivity index (χ2n) is 5.04. The van der Waals surface area contributed by atoms with Gasteiger partial charge in [0.2, 0.25) is 0 Å². The third-order valence-corrected chi connectivity index (χ3v) is 3.36. The van der Waals surface area contributed by atoms with E-state index in [1.807, 2.05) is 6.07 Å². The first-order valence-corrected chi connectivity index (χ1v) is 6.60. The van der Waals surface area contributed by atoms with Crippen LogP contribution in [-0.2, 0) is 0 Å². The van der Waals surface area contributed by atoms with E-state index in [9.17, 15) is 0 Å². The molecule has 0 amide bonds. The summed E-state index contributed by atoms with van der Waals surface area (Å²) in [6.07, 6.45) is 1.54. The highest BCUT2D eigenvalue weighted by molar-refractivity contribution is 5.48. The van der Waals surface area contributed by atoms with Crippen molar-refractivity contribution in [1.29, 1.82) is 0 Å². The van der Waals surface area contributed by atoms with Gasteiger partial charge in [-0.2, -0.15) is 0 Å². The lowest BCUT2D eigenvalue weighted by atomic mass is 10.3. The van der Waals surface area contributed by atoms with Gasteiger partial charge in [-0.1, -0.05) is 0 Å². The highest BCUT2D eigenvalue weighted by Gasteiger charge is 2.18. The van der Waals surface area contributed by atoms with Crippen LogP contribution in [0.25, 0.3) is 0 Å². The number of hydrazine groups is 1. The SMILES string of the molecule is CN(C)CCN1CCN(c2cc(NN)ncn2)CC1. The Morgan fingerprint density at radius 1 is 1.26 bits per heavy atom.